The number of rotatable bonds is 3. The fourth-order valence-electron chi connectivity index (χ4n) is 9.61. The fraction of sp³-hybridized carbons (Fsp3) is 0.222. The van der Waals surface area contributed by atoms with E-state index >= 15 is 0 Å². The molecule has 4 heterocycles. The number of hydrogen-bond donors (Lipinski definition) is 1. The lowest BCUT2D eigenvalue weighted by molar-refractivity contribution is 0.590. The fourth-order valence-corrected chi connectivity index (χ4v) is 9.61. The minimum Gasteiger partial charge on any atom is -0.456 e. The van der Waals surface area contributed by atoms with Crippen molar-refractivity contribution in [2.24, 2.45) is 0 Å². The van der Waals surface area contributed by atoms with Crippen molar-refractivity contribution in [3.05, 3.63) is 138 Å². The van der Waals surface area contributed by atoms with E-state index in [1.165, 1.54) is 60.5 Å². The second-order valence-corrected chi connectivity index (χ2v) is 19.9. The summed E-state index contributed by atoms with van der Waals surface area (Å²) >= 11 is 0. The van der Waals surface area contributed by atoms with Crippen LogP contribution < -0.4 is 16.2 Å². The molecule has 11 rings (SSSR count). The standard InChI is InChI=1S/C54H49BN2O2/c1-52(2,3)30-18-22-33(23-19-30)56-40-24-20-31(53(4,5)6)26-37(40)48-49-50-46(47-35-15-11-13-17-44(35)59-51(47)48)38-27-32(54(7,8)9)21-25-41(38)57(50)42-29-45-36(28-39(42)55-49)34-14-10-12-16-43(34)58-45/h10-29,55-56H,1-9H3. The Morgan fingerprint density at radius 3 is 1.86 bits per heavy atom. The largest absolute Gasteiger partial charge is 0.456 e. The van der Waals surface area contributed by atoms with Crippen molar-refractivity contribution in [1.82, 2.24) is 4.57 Å². The van der Waals surface area contributed by atoms with Gasteiger partial charge in [-0.1, -0.05) is 135 Å². The predicted molar refractivity (Wildman–Crippen MR) is 253 cm³/mol. The zero-order valence-corrected chi connectivity index (χ0v) is 35.5. The van der Waals surface area contributed by atoms with Crippen molar-refractivity contribution >= 4 is 95.3 Å². The van der Waals surface area contributed by atoms with Gasteiger partial charge in [0.1, 0.15) is 22.3 Å². The molecule has 1 aliphatic rings. The van der Waals surface area contributed by atoms with E-state index < -0.39 is 0 Å². The van der Waals surface area contributed by atoms with E-state index in [-0.39, 0.29) is 16.2 Å². The molecule has 0 bridgehead atoms. The van der Waals surface area contributed by atoms with Crippen LogP contribution in [-0.4, -0.2) is 11.8 Å². The van der Waals surface area contributed by atoms with Gasteiger partial charge in [0, 0.05) is 66.6 Å². The number of hydrogen-bond acceptors (Lipinski definition) is 3. The van der Waals surface area contributed by atoms with Crippen LogP contribution in [0.2, 0.25) is 0 Å². The molecule has 59 heavy (non-hydrogen) atoms. The highest BCUT2D eigenvalue weighted by Crippen LogP contribution is 2.48. The number of aromatic nitrogens is 1. The van der Waals surface area contributed by atoms with Gasteiger partial charge in [0.2, 0.25) is 0 Å². The third kappa shape index (κ3) is 5.43. The van der Waals surface area contributed by atoms with E-state index in [9.17, 15) is 0 Å². The van der Waals surface area contributed by atoms with Crippen LogP contribution in [0.5, 0.6) is 0 Å². The predicted octanol–water partition coefficient (Wildman–Crippen LogP) is 13.6. The van der Waals surface area contributed by atoms with E-state index in [4.69, 9.17) is 8.83 Å². The Hall–Kier alpha value is -6.20. The van der Waals surface area contributed by atoms with Gasteiger partial charge in [-0.25, -0.2) is 0 Å². The Morgan fingerprint density at radius 1 is 0.525 bits per heavy atom. The third-order valence-corrected chi connectivity index (χ3v) is 12.9. The normalized spacial score (nSPS) is 13.3. The monoisotopic (exact) mass is 768 g/mol. The van der Waals surface area contributed by atoms with Crippen molar-refractivity contribution < 1.29 is 8.83 Å². The van der Waals surface area contributed by atoms with Gasteiger partial charge in [-0.2, -0.15) is 0 Å². The second-order valence-electron chi connectivity index (χ2n) is 19.9. The summed E-state index contributed by atoms with van der Waals surface area (Å²) in [6.45, 7) is 20.6. The molecule has 0 unspecified atom stereocenters. The lowest BCUT2D eigenvalue weighted by Crippen LogP contribution is -2.37. The molecule has 5 heteroatoms. The summed E-state index contributed by atoms with van der Waals surface area (Å²) in [5, 5.41) is 11.0. The van der Waals surface area contributed by atoms with E-state index in [1.807, 2.05) is 0 Å². The first kappa shape index (κ1) is 35.9. The summed E-state index contributed by atoms with van der Waals surface area (Å²) in [6.07, 6.45) is 0. The Labute approximate surface area is 346 Å². The topological polar surface area (TPSA) is 43.2 Å². The molecule has 290 valence electrons. The van der Waals surface area contributed by atoms with E-state index in [0.717, 1.165) is 68.3 Å². The van der Waals surface area contributed by atoms with Gasteiger partial charge < -0.3 is 18.7 Å². The van der Waals surface area contributed by atoms with Crippen molar-refractivity contribution in [3.8, 4) is 16.8 Å². The summed E-state index contributed by atoms with van der Waals surface area (Å²) in [6, 6.07) is 44.7. The first-order valence-corrected chi connectivity index (χ1v) is 21.1. The summed E-state index contributed by atoms with van der Waals surface area (Å²) in [7, 11) is 0.742. The third-order valence-electron chi connectivity index (χ3n) is 12.9. The highest BCUT2D eigenvalue weighted by atomic mass is 16.3. The zero-order valence-electron chi connectivity index (χ0n) is 35.5. The number of furan rings is 2. The van der Waals surface area contributed by atoms with Crippen molar-refractivity contribution in [2.75, 3.05) is 5.32 Å². The molecule has 0 aliphatic carbocycles. The quantitative estimate of drug-likeness (QED) is 0.182. The first-order chi connectivity index (χ1) is 28.1. The van der Waals surface area contributed by atoms with Gasteiger partial charge in [-0.05, 0) is 86.9 Å². The summed E-state index contributed by atoms with van der Waals surface area (Å²) in [5.41, 5.74) is 18.1. The summed E-state index contributed by atoms with van der Waals surface area (Å²) in [5.74, 6) is 0. The Morgan fingerprint density at radius 2 is 1.15 bits per heavy atom. The van der Waals surface area contributed by atoms with Crippen LogP contribution in [0.25, 0.3) is 82.5 Å². The molecule has 3 aromatic heterocycles. The molecule has 0 atom stereocenters. The molecule has 1 aliphatic heterocycles. The van der Waals surface area contributed by atoms with Crippen molar-refractivity contribution in [1.29, 1.82) is 0 Å². The first-order valence-electron chi connectivity index (χ1n) is 21.1. The minimum atomic E-state index is -0.0746. The maximum absolute atomic E-state index is 7.20. The molecule has 0 saturated carbocycles. The smallest absolute Gasteiger partial charge is 0.198 e. The van der Waals surface area contributed by atoms with Crippen molar-refractivity contribution in [2.45, 2.75) is 78.6 Å². The molecule has 7 aromatic carbocycles. The van der Waals surface area contributed by atoms with Gasteiger partial charge in [0.15, 0.2) is 7.28 Å². The second kappa shape index (κ2) is 12.2. The molecule has 10 aromatic rings. The number of nitrogens with zero attached hydrogens (tertiary/aromatic N) is 1. The van der Waals surface area contributed by atoms with Gasteiger partial charge in [-0.15, -0.1) is 0 Å². The molecule has 1 N–H and O–H groups in total. The number of anilines is 2. The summed E-state index contributed by atoms with van der Waals surface area (Å²) in [4.78, 5) is 0. The summed E-state index contributed by atoms with van der Waals surface area (Å²) < 4.78 is 16.3. The molecule has 0 spiro atoms. The molecule has 4 nitrogen and oxygen atoms in total. The lowest BCUT2D eigenvalue weighted by Gasteiger charge is -2.26. The van der Waals surface area contributed by atoms with Crippen molar-refractivity contribution in [3.63, 3.8) is 0 Å². The average Bonchev–Trinajstić information content (AvgIpc) is 3.86. The van der Waals surface area contributed by atoms with Crippen LogP contribution in [0, 0.1) is 0 Å². The van der Waals surface area contributed by atoms with Crippen LogP contribution in [-0.2, 0) is 16.2 Å². The van der Waals surface area contributed by atoms with Crippen LogP contribution in [0.1, 0.15) is 79.0 Å². The average molecular weight is 769 g/mol. The highest BCUT2D eigenvalue weighted by molar-refractivity contribution is 6.74. The molecule has 0 fully saturated rings. The van der Waals surface area contributed by atoms with Gasteiger partial charge in [0.25, 0.3) is 0 Å². The zero-order chi connectivity index (χ0) is 40.7. The minimum absolute atomic E-state index is 0.0272. The SMILES string of the molecule is CC(C)(C)c1ccc(Nc2ccc(C(C)(C)C)cc2-c2c3c4c(c5cc(C(C)(C)C)ccc5n4-c4cc5oc6ccccc6c5cc4B3)c3c2oc2ccccc23)cc1. The van der Waals surface area contributed by atoms with Crippen LogP contribution in [0.15, 0.2) is 130 Å². The number of nitrogens with one attached hydrogen (secondary N) is 1. The Bertz CT molecular complexity index is 3370. The van der Waals surface area contributed by atoms with E-state index in [1.54, 1.807) is 0 Å². The molecule has 0 radical (unpaired) electrons. The van der Waals surface area contributed by atoms with E-state index in [2.05, 4.69) is 194 Å². The molecular formula is C54H49BN2O2. The van der Waals surface area contributed by atoms with Crippen LogP contribution in [0.3, 0.4) is 0 Å². The Kier molecular flexibility index (Phi) is 7.41. The molecular weight excluding hydrogens is 719 g/mol. The number of benzene rings is 7. The number of para-hydroxylation sites is 2. The maximum atomic E-state index is 7.20. The molecule has 0 saturated heterocycles. The van der Waals surface area contributed by atoms with Gasteiger partial charge >= 0.3 is 0 Å². The van der Waals surface area contributed by atoms with Crippen LogP contribution >= 0.6 is 0 Å². The lowest BCUT2D eigenvalue weighted by atomic mass is 9.58. The maximum Gasteiger partial charge on any atom is 0.198 e. The number of fused-ring (bicyclic) bond motifs is 12. The van der Waals surface area contributed by atoms with Gasteiger partial charge in [-0.3, -0.25) is 0 Å². The van der Waals surface area contributed by atoms with E-state index in [0.29, 0.717) is 0 Å². The highest BCUT2D eigenvalue weighted by Gasteiger charge is 2.33. The Balaban J connectivity index is 1.30. The molecule has 0 amide bonds. The van der Waals surface area contributed by atoms with Crippen LogP contribution in [0.4, 0.5) is 11.4 Å². The van der Waals surface area contributed by atoms with Gasteiger partial charge in [0.05, 0.1) is 11.0 Å².